The van der Waals surface area contributed by atoms with Gasteiger partial charge in [-0.2, -0.15) is 26.3 Å². The molecule has 13 heteroatoms. The second-order valence-corrected chi connectivity index (χ2v) is 9.13. The normalized spacial score (nSPS) is 20.5. The van der Waals surface area contributed by atoms with E-state index in [0.29, 0.717) is 18.5 Å². The lowest BCUT2D eigenvalue weighted by molar-refractivity contribution is -0.154. The number of nitrogens with two attached hydrogens (primary N) is 1. The number of alkyl halides is 6. The van der Waals surface area contributed by atoms with Gasteiger partial charge in [-0.25, -0.2) is 13.1 Å². The van der Waals surface area contributed by atoms with Crippen molar-refractivity contribution in [2.24, 2.45) is 17.6 Å². The van der Waals surface area contributed by atoms with Gasteiger partial charge >= 0.3 is 12.4 Å². The summed E-state index contributed by atoms with van der Waals surface area (Å²) in [5.74, 6) is -0.726. The molecule has 0 radical (unpaired) electrons. The number of hydrogen-bond donors (Lipinski definition) is 2. The molecule has 1 aromatic carbocycles. The van der Waals surface area contributed by atoms with Gasteiger partial charge in [0, 0.05) is 12.6 Å². The van der Waals surface area contributed by atoms with E-state index in [1.54, 1.807) is 0 Å². The molecule has 0 bridgehead atoms. The fourth-order valence-corrected chi connectivity index (χ4v) is 4.48. The molecule has 0 spiro atoms. The van der Waals surface area contributed by atoms with E-state index in [1.807, 2.05) is 0 Å². The van der Waals surface area contributed by atoms with Crippen molar-refractivity contribution in [3.8, 4) is 11.5 Å². The predicted octanol–water partition coefficient (Wildman–Crippen LogP) is 3.61. The molecule has 0 heterocycles. The van der Waals surface area contributed by atoms with Crippen molar-refractivity contribution >= 4 is 10.0 Å². The number of sulfonamides is 1. The molecule has 1 aliphatic carbocycles. The summed E-state index contributed by atoms with van der Waals surface area (Å²) in [4.78, 5) is -0.730. The summed E-state index contributed by atoms with van der Waals surface area (Å²) in [6, 6.07) is 2.45. The van der Waals surface area contributed by atoms with Gasteiger partial charge in [-0.05, 0) is 56.2 Å². The second kappa shape index (κ2) is 10.3. The third-order valence-corrected chi connectivity index (χ3v) is 6.30. The maximum Gasteiger partial charge on any atom is 0.422 e. The minimum atomic E-state index is -4.73. The molecule has 0 atom stereocenters. The Hall–Kier alpha value is -1.73. The summed E-state index contributed by atoms with van der Waals surface area (Å²) >= 11 is 0. The van der Waals surface area contributed by atoms with E-state index >= 15 is 0 Å². The number of hydrogen-bond acceptors (Lipinski definition) is 5. The largest absolute Gasteiger partial charge is 0.484 e. The van der Waals surface area contributed by atoms with Crippen molar-refractivity contribution in [1.82, 2.24) is 4.72 Å². The average molecular weight is 478 g/mol. The summed E-state index contributed by atoms with van der Waals surface area (Å²) in [7, 11) is -4.38. The van der Waals surface area contributed by atoms with Crippen molar-refractivity contribution in [2.75, 3.05) is 26.3 Å². The van der Waals surface area contributed by atoms with Crippen LogP contribution in [-0.4, -0.2) is 47.1 Å². The van der Waals surface area contributed by atoms with Crippen molar-refractivity contribution in [2.45, 2.75) is 42.9 Å². The maximum atomic E-state index is 12.7. The van der Waals surface area contributed by atoms with Crippen LogP contribution < -0.4 is 19.9 Å². The van der Waals surface area contributed by atoms with Crippen LogP contribution in [0.1, 0.15) is 25.7 Å². The summed E-state index contributed by atoms with van der Waals surface area (Å²) in [5.41, 5.74) is 5.62. The zero-order chi connectivity index (χ0) is 23.3. The first-order chi connectivity index (χ1) is 14.3. The topological polar surface area (TPSA) is 90.7 Å². The molecule has 31 heavy (non-hydrogen) atoms. The minimum absolute atomic E-state index is 0.0155. The lowest BCUT2D eigenvalue weighted by Gasteiger charge is -2.27. The monoisotopic (exact) mass is 478 g/mol. The summed E-state index contributed by atoms with van der Waals surface area (Å²) in [6.45, 7) is -2.87. The fraction of sp³-hybridized carbons (Fsp3) is 0.667. The molecule has 0 unspecified atom stereocenters. The van der Waals surface area contributed by atoms with Crippen LogP contribution in [0, 0.1) is 11.8 Å². The van der Waals surface area contributed by atoms with Gasteiger partial charge in [0.2, 0.25) is 10.0 Å². The number of nitrogens with one attached hydrogen (secondary N) is 1. The van der Waals surface area contributed by atoms with E-state index in [0.717, 1.165) is 37.8 Å². The highest BCUT2D eigenvalue weighted by molar-refractivity contribution is 7.89. The highest BCUT2D eigenvalue weighted by Gasteiger charge is 2.32. The Morgan fingerprint density at radius 1 is 0.935 bits per heavy atom. The summed E-state index contributed by atoms with van der Waals surface area (Å²) < 4.78 is 111. The van der Waals surface area contributed by atoms with Crippen LogP contribution in [0.2, 0.25) is 0 Å². The van der Waals surface area contributed by atoms with Crippen LogP contribution in [0.4, 0.5) is 26.3 Å². The van der Waals surface area contributed by atoms with Crippen LogP contribution >= 0.6 is 0 Å². The van der Waals surface area contributed by atoms with E-state index in [9.17, 15) is 34.8 Å². The number of rotatable bonds is 9. The Kier molecular flexibility index (Phi) is 8.45. The molecular formula is C18H24F6N2O4S. The Labute approximate surface area is 176 Å². The third kappa shape index (κ3) is 8.73. The molecule has 3 N–H and O–H groups in total. The Morgan fingerprint density at radius 3 is 2.03 bits per heavy atom. The van der Waals surface area contributed by atoms with Gasteiger partial charge < -0.3 is 15.2 Å². The number of ether oxygens (including phenoxy) is 2. The standard InChI is InChI=1S/C18H24F6N2O4S/c19-17(20,21)10-29-14-5-6-15(30-11-18(22,23)24)16(7-14)31(27,28)26-9-13-3-1-12(8-25)2-4-13/h5-7,12-13,26H,1-4,8-11,25H2. The predicted molar refractivity (Wildman–Crippen MR) is 99.2 cm³/mol. The van der Waals surface area contributed by atoms with Crippen molar-refractivity contribution in [1.29, 1.82) is 0 Å². The molecule has 2 rings (SSSR count). The number of halogens is 6. The SMILES string of the molecule is NCC1CCC(CNS(=O)(=O)c2cc(OCC(F)(F)F)ccc2OCC(F)(F)F)CC1. The Bertz CT molecular complexity index is 821. The average Bonchev–Trinajstić information content (AvgIpc) is 2.68. The lowest BCUT2D eigenvalue weighted by atomic mass is 9.82. The molecule has 1 fully saturated rings. The van der Waals surface area contributed by atoms with E-state index in [4.69, 9.17) is 5.73 Å². The van der Waals surface area contributed by atoms with Crippen LogP contribution in [0.5, 0.6) is 11.5 Å². The van der Waals surface area contributed by atoms with Gasteiger partial charge in [-0.15, -0.1) is 0 Å². The quantitative estimate of drug-likeness (QED) is 0.530. The van der Waals surface area contributed by atoms with Crippen LogP contribution in [-0.2, 0) is 10.0 Å². The molecule has 178 valence electrons. The fourth-order valence-electron chi connectivity index (χ4n) is 3.21. The number of benzene rings is 1. The van der Waals surface area contributed by atoms with Crippen molar-refractivity contribution in [3.05, 3.63) is 18.2 Å². The first-order valence-corrected chi connectivity index (χ1v) is 11.0. The van der Waals surface area contributed by atoms with Gasteiger partial charge in [0.1, 0.15) is 16.4 Å². The van der Waals surface area contributed by atoms with Crippen LogP contribution in [0.25, 0.3) is 0 Å². The van der Waals surface area contributed by atoms with Gasteiger partial charge in [0.05, 0.1) is 0 Å². The van der Waals surface area contributed by atoms with E-state index < -0.39 is 52.0 Å². The molecule has 1 aromatic rings. The summed E-state index contributed by atoms with van der Waals surface area (Å²) in [5, 5.41) is 0. The van der Waals surface area contributed by atoms with Crippen LogP contribution in [0.15, 0.2) is 23.1 Å². The summed E-state index contributed by atoms with van der Waals surface area (Å²) in [6.07, 6.45) is -6.27. The smallest absolute Gasteiger partial charge is 0.422 e. The minimum Gasteiger partial charge on any atom is -0.484 e. The van der Waals surface area contributed by atoms with E-state index in [2.05, 4.69) is 14.2 Å². The molecule has 6 nitrogen and oxygen atoms in total. The van der Waals surface area contributed by atoms with Gasteiger partial charge in [-0.1, -0.05) is 0 Å². The molecular weight excluding hydrogens is 454 g/mol. The molecule has 0 aliphatic heterocycles. The highest BCUT2D eigenvalue weighted by Crippen LogP contribution is 2.32. The van der Waals surface area contributed by atoms with Crippen LogP contribution in [0.3, 0.4) is 0 Å². The van der Waals surface area contributed by atoms with Gasteiger partial charge in [0.15, 0.2) is 13.2 Å². The molecule has 0 aromatic heterocycles. The Morgan fingerprint density at radius 2 is 1.48 bits per heavy atom. The zero-order valence-corrected chi connectivity index (χ0v) is 17.2. The second-order valence-electron chi connectivity index (χ2n) is 7.39. The molecule has 0 amide bonds. The molecule has 0 saturated heterocycles. The lowest BCUT2D eigenvalue weighted by Crippen LogP contribution is -2.32. The van der Waals surface area contributed by atoms with Crippen molar-refractivity contribution < 1.29 is 44.2 Å². The maximum absolute atomic E-state index is 12.7. The van der Waals surface area contributed by atoms with E-state index in [1.165, 1.54) is 0 Å². The van der Waals surface area contributed by atoms with Gasteiger partial charge in [-0.3, -0.25) is 0 Å². The van der Waals surface area contributed by atoms with E-state index in [-0.39, 0.29) is 12.5 Å². The van der Waals surface area contributed by atoms with Crippen molar-refractivity contribution in [3.63, 3.8) is 0 Å². The third-order valence-electron chi connectivity index (χ3n) is 4.86. The first kappa shape index (κ1) is 25.5. The highest BCUT2D eigenvalue weighted by atomic mass is 32.2. The first-order valence-electron chi connectivity index (χ1n) is 9.52. The Balaban J connectivity index is 2.17. The molecule has 1 aliphatic rings. The van der Waals surface area contributed by atoms with Gasteiger partial charge in [0.25, 0.3) is 0 Å². The molecule has 1 saturated carbocycles. The zero-order valence-electron chi connectivity index (χ0n) is 16.4.